The number of hydrogen-bond acceptors (Lipinski definition) is 5. The van der Waals surface area contributed by atoms with Gasteiger partial charge in [0.1, 0.15) is 0 Å². The van der Waals surface area contributed by atoms with Crippen LogP contribution in [0.5, 0.6) is 0 Å². The average molecular weight is 261 g/mol. The van der Waals surface area contributed by atoms with E-state index in [1.54, 1.807) is 0 Å². The fourth-order valence-corrected chi connectivity index (χ4v) is 1.36. The van der Waals surface area contributed by atoms with Crippen molar-refractivity contribution in [2.45, 2.75) is 13.3 Å². The molecular weight excluding hydrogens is 248 g/mol. The fraction of sp³-hybridized carbons (Fsp3) is 0.500. The highest BCUT2D eigenvalue weighted by molar-refractivity contribution is 5.85. The molecule has 0 spiro atoms. The highest BCUT2D eigenvalue weighted by Crippen LogP contribution is 2.12. The van der Waals surface area contributed by atoms with Crippen LogP contribution in [0.1, 0.15) is 16.2 Å². The maximum absolute atomic E-state index is 12.4. The predicted molar refractivity (Wildman–Crippen MR) is 59.0 cm³/mol. The first-order valence-electron chi connectivity index (χ1n) is 5.17. The van der Waals surface area contributed by atoms with Gasteiger partial charge in [0.15, 0.2) is 5.69 Å². The molecule has 0 saturated heterocycles. The van der Waals surface area contributed by atoms with Crippen LogP contribution in [-0.2, 0) is 0 Å². The van der Waals surface area contributed by atoms with Crippen LogP contribution in [0, 0.1) is 6.92 Å². The molecule has 0 atom stereocenters. The van der Waals surface area contributed by atoms with Gasteiger partial charge in [0.25, 0.3) is 6.43 Å². The molecule has 2 N–H and O–H groups in total. The van der Waals surface area contributed by atoms with Crippen molar-refractivity contribution in [1.82, 2.24) is 9.97 Å². The van der Waals surface area contributed by atoms with Crippen LogP contribution >= 0.6 is 0 Å². The van der Waals surface area contributed by atoms with Crippen molar-refractivity contribution < 1.29 is 23.8 Å². The number of aromatic nitrogens is 2. The Balaban J connectivity index is 3.06. The van der Waals surface area contributed by atoms with Crippen LogP contribution < -0.4 is 4.90 Å². The smallest absolute Gasteiger partial charge is 0.354 e. The second kappa shape index (κ2) is 6.20. The number of aliphatic hydroxyl groups excluding tert-OH is 1. The lowest BCUT2D eigenvalue weighted by Gasteiger charge is -2.21. The molecule has 6 nitrogen and oxygen atoms in total. The lowest BCUT2D eigenvalue weighted by molar-refractivity contribution is 0.0690. The molecule has 0 saturated carbocycles. The Morgan fingerprint density at radius 1 is 1.50 bits per heavy atom. The lowest BCUT2D eigenvalue weighted by Crippen LogP contribution is -2.33. The zero-order valence-corrected chi connectivity index (χ0v) is 9.68. The minimum Gasteiger partial charge on any atom is -0.477 e. The Labute approximate surface area is 102 Å². The van der Waals surface area contributed by atoms with E-state index in [0.717, 1.165) is 4.90 Å². The summed E-state index contributed by atoms with van der Waals surface area (Å²) in [4.78, 5) is 19.4. The summed E-state index contributed by atoms with van der Waals surface area (Å²) in [6.07, 6.45) is -2.63. The van der Waals surface area contributed by atoms with Crippen molar-refractivity contribution >= 4 is 11.9 Å². The average Bonchev–Trinajstić information content (AvgIpc) is 2.27. The number of anilines is 1. The van der Waals surface area contributed by atoms with Crippen LogP contribution in [0.25, 0.3) is 0 Å². The Morgan fingerprint density at radius 3 is 2.67 bits per heavy atom. The molecule has 0 aliphatic rings. The second-order valence-electron chi connectivity index (χ2n) is 3.56. The van der Waals surface area contributed by atoms with Gasteiger partial charge in [0.2, 0.25) is 5.95 Å². The summed E-state index contributed by atoms with van der Waals surface area (Å²) >= 11 is 0. The van der Waals surface area contributed by atoms with E-state index in [1.807, 2.05) is 0 Å². The number of carboxylic acid groups (broad SMARTS) is 1. The molecule has 18 heavy (non-hydrogen) atoms. The molecule has 0 aliphatic heterocycles. The molecule has 1 rings (SSSR count). The van der Waals surface area contributed by atoms with Gasteiger partial charge in [-0.3, -0.25) is 0 Å². The lowest BCUT2D eigenvalue weighted by atomic mass is 10.3. The molecule has 0 fully saturated rings. The van der Waals surface area contributed by atoms with Gasteiger partial charge < -0.3 is 15.1 Å². The van der Waals surface area contributed by atoms with Crippen LogP contribution in [0.4, 0.5) is 14.7 Å². The maximum Gasteiger partial charge on any atom is 0.354 e. The molecule has 1 heterocycles. The van der Waals surface area contributed by atoms with E-state index in [4.69, 9.17) is 10.2 Å². The molecule has 100 valence electrons. The number of halogens is 2. The van der Waals surface area contributed by atoms with Gasteiger partial charge in [-0.15, -0.1) is 0 Å². The number of carbonyl (C=O) groups is 1. The van der Waals surface area contributed by atoms with Crippen LogP contribution in [0.3, 0.4) is 0 Å². The Kier molecular flexibility index (Phi) is 4.90. The summed E-state index contributed by atoms with van der Waals surface area (Å²) < 4.78 is 24.7. The minimum absolute atomic E-state index is 0.0904. The van der Waals surface area contributed by atoms with E-state index in [9.17, 15) is 13.6 Å². The zero-order chi connectivity index (χ0) is 13.7. The number of aromatic carboxylic acids is 1. The minimum atomic E-state index is -2.63. The molecule has 0 bridgehead atoms. The first kappa shape index (κ1) is 14.2. The van der Waals surface area contributed by atoms with Crippen LogP contribution in [0.2, 0.25) is 0 Å². The summed E-state index contributed by atoms with van der Waals surface area (Å²) in [6, 6.07) is 1.24. The highest BCUT2D eigenvalue weighted by atomic mass is 19.3. The monoisotopic (exact) mass is 261 g/mol. The molecule has 8 heteroatoms. The molecule has 1 aromatic rings. The third-order valence-electron chi connectivity index (χ3n) is 2.07. The number of rotatable bonds is 6. The van der Waals surface area contributed by atoms with Crippen LogP contribution in [0.15, 0.2) is 6.07 Å². The molecular formula is C10H13F2N3O3. The van der Waals surface area contributed by atoms with Gasteiger partial charge >= 0.3 is 5.97 Å². The Bertz CT molecular complexity index is 429. The molecule has 0 aliphatic carbocycles. The quantitative estimate of drug-likeness (QED) is 0.777. The summed E-state index contributed by atoms with van der Waals surface area (Å²) in [5.74, 6) is -1.38. The van der Waals surface area contributed by atoms with E-state index in [-0.39, 0.29) is 24.8 Å². The number of hydrogen-bond donors (Lipinski definition) is 2. The number of carboxylic acids is 1. The standard InChI is InChI=1S/C10H13F2N3O3/c1-6-4-7(9(17)18)14-10(13-6)15(2-3-16)5-8(11)12/h4,8,16H,2-3,5H2,1H3,(H,17,18). The number of alkyl halides is 2. The normalized spacial score (nSPS) is 10.7. The SMILES string of the molecule is Cc1cc(C(=O)O)nc(N(CCO)CC(F)F)n1. The van der Waals surface area contributed by atoms with E-state index in [1.165, 1.54) is 13.0 Å². The Hall–Kier alpha value is -1.83. The zero-order valence-electron chi connectivity index (χ0n) is 9.68. The largest absolute Gasteiger partial charge is 0.477 e. The van der Waals surface area contributed by atoms with E-state index in [2.05, 4.69) is 9.97 Å². The van der Waals surface area contributed by atoms with Crippen molar-refractivity contribution in [3.63, 3.8) is 0 Å². The predicted octanol–water partition coefficient (Wildman–Crippen LogP) is 0.547. The summed E-state index contributed by atoms with van der Waals surface area (Å²) in [6.45, 7) is 0.430. The molecule has 0 amide bonds. The van der Waals surface area contributed by atoms with Gasteiger partial charge in [-0.1, -0.05) is 0 Å². The van der Waals surface area contributed by atoms with Crippen molar-refractivity contribution in [2.75, 3.05) is 24.6 Å². The summed E-state index contributed by atoms with van der Waals surface area (Å²) in [5, 5.41) is 17.6. The first-order chi connectivity index (χ1) is 8.43. The van der Waals surface area contributed by atoms with E-state index in [0.29, 0.717) is 5.69 Å². The fourth-order valence-electron chi connectivity index (χ4n) is 1.36. The van der Waals surface area contributed by atoms with Gasteiger partial charge in [-0.05, 0) is 13.0 Å². The van der Waals surface area contributed by atoms with Gasteiger partial charge in [-0.25, -0.2) is 23.5 Å². The van der Waals surface area contributed by atoms with E-state index >= 15 is 0 Å². The van der Waals surface area contributed by atoms with Gasteiger partial charge in [-0.2, -0.15) is 0 Å². The third kappa shape index (κ3) is 3.88. The molecule has 1 aromatic heterocycles. The first-order valence-corrected chi connectivity index (χ1v) is 5.17. The van der Waals surface area contributed by atoms with Crippen molar-refractivity contribution in [3.05, 3.63) is 17.5 Å². The number of aliphatic hydroxyl groups is 1. The van der Waals surface area contributed by atoms with Crippen molar-refractivity contribution in [3.8, 4) is 0 Å². The molecule has 0 radical (unpaired) electrons. The number of aryl methyl sites for hydroxylation is 1. The Morgan fingerprint density at radius 2 is 2.17 bits per heavy atom. The van der Waals surface area contributed by atoms with Gasteiger partial charge in [0, 0.05) is 12.2 Å². The van der Waals surface area contributed by atoms with E-state index < -0.39 is 18.9 Å². The van der Waals surface area contributed by atoms with Crippen molar-refractivity contribution in [2.24, 2.45) is 0 Å². The topological polar surface area (TPSA) is 86.5 Å². The highest BCUT2D eigenvalue weighted by Gasteiger charge is 2.17. The summed E-state index contributed by atoms with van der Waals surface area (Å²) in [7, 11) is 0. The second-order valence-corrected chi connectivity index (χ2v) is 3.56. The van der Waals surface area contributed by atoms with Crippen molar-refractivity contribution in [1.29, 1.82) is 0 Å². The maximum atomic E-state index is 12.4. The third-order valence-corrected chi connectivity index (χ3v) is 2.07. The van der Waals surface area contributed by atoms with Crippen LogP contribution in [-0.4, -0.2) is 52.3 Å². The molecule has 0 unspecified atom stereocenters. The number of nitrogens with zero attached hydrogens (tertiary/aromatic N) is 3. The molecule has 0 aromatic carbocycles. The summed E-state index contributed by atoms with van der Waals surface area (Å²) in [5.41, 5.74) is 0.0873. The van der Waals surface area contributed by atoms with Gasteiger partial charge in [0.05, 0.1) is 13.2 Å².